The molecule has 0 aliphatic heterocycles. The molecule has 0 amide bonds. The van der Waals surface area contributed by atoms with Gasteiger partial charge in [0.2, 0.25) is 0 Å². The van der Waals surface area contributed by atoms with E-state index in [1.54, 1.807) is 36.4 Å². The van der Waals surface area contributed by atoms with Crippen LogP contribution in [0.5, 0.6) is 0 Å². The Morgan fingerprint density at radius 3 is 2.83 bits per heavy atom. The van der Waals surface area contributed by atoms with E-state index < -0.39 is 5.97 Å². The molecule has 3 aromatic rings. The molecule has 1 heterocycles. The molecule has 0 spiro atoms. The maximum atomic E-state index is 13.0. The molecule has 0 unspecified atom stereocenters. The van der Waals surface area contributed by atoms with Gasteiger partial charge in [-0.2, -0.15) is 0 Å². The van der Waals surface area contributed by atoms with Crippen LogP contribution < -0.4 is 5.56 Å². The number of ether oxygens (including phenoxy) is 1. The zero-order valence-corrected chi connectivity index (χ0v) is 12.8. The molecule has 0 saturated heterocycles. The van der Waals surface area contributed by atoms with Crippen molar-refractivity contribution in [3.8, 4) is 0 Å². The number of aromatic amines is 1. The van der Waals surface area contributed by atoms with Gasteiger partial charge in [-0.1, -0.05) is 24.3 Å². The molecule has 0 saturated carbocycles. The number of nitrogens with one attached hydrogen (secondary N) is 1. The average Bonchev–Trinajstić information content (AvgIpc) is 2.58. The van der Waals surface area contributed by atoms with Crippen LogP contribution >= 0.6 is 0 Å². The van der Waals surface area contributed by atoms with Crippen molar-refractivity contribution in [2.24, 2.45) is 0 Å². The van der Waals surface area contributed by atoms with E-state index >= 15 is 0 Å². The predicted molar refractivity (Wildman–Crippen MR) is 86.9 cm³/mol. The fourth-order valence-electron chi connectivity index (χ4n) is 2.34. The number of rotatable bonds is 5. The van der Waals surface area contributed by atoms with Crippen molar-refractivity contribution in [1.29, 1.82) is 0 Å². The molecule has 1 N–H and O–H groups in total. The van der Waals surface area contributed by atoms with E-state index in [-0.39, 0.29) is 30.8 Å². The van der Waals surface area contributed by atoms with E-state index in [1.807, 2.05) is 0 Å². The van der Waals surface area contributed by atoms with Gasteiger partial charge in [-0.25, -0.2) is 9.37 Å². The summed E-state index contributed by atoms with van der Waals surface area (Å²) in [5.41, 5.74) is 0.939. The number of hydrogen-bond donors (Lipinski definition) is 1. The topological polar surface area (TPSA) is 72.0 Å². The molecule has 2 aromatic carbocycles. The Labute approximate surface area is 137 Å². The summed E-state index contributed by atoms with van der Waals surface area (Å²) in [6.07, 6.45) is 0.346. The monoisotopic (exact) mass is 326 g/mol. The molecule has 6 heteroatoms. The Kier molecular flexibility index (Phi) is 4.65. The van der Waals surface area contributed by atoms with Gasteiger partial charge in [0.15, 0.2) is 0 Å². The van der Waals surface area contributed by atoms with Crippen LogP contribution in [-0.4, -0.2) is 15.9 Å². The highest BCUT2D eigenvalue weighted by Gasteiger charge is 2.08. The Morgan fingerprint density at radius 2 is 2.00 bits per heavy atom. The summed E-state index contributed by atoms with van der Waals surface area (Å²) < 4.78 is 18.1. The highest BCUT2D eigenvalue weighted by atomic mass is 19.1. The smallest absolute Gasteiger partial charge is 0.306 e. The summed E-state index contributed by atoms with van der Waals surface area (Å²) in [7, 11) is 0. The largest absolute Gasteiger partial charge is 0.461 e. The van der Waals surface area contributed by atoms with Crippen molar-refractivity contribution in [3.63, 3.8) is 0 Å². The second kappa shape index (κ2) is 7.04. The third kappa shape index (κ3) is 3.84. The van der Waals surface area contributed by atoms with Crippen molar-refractivity contribution in [1.82, 2.24) is 9.97 Å². The van der Waals surface area contributed by atoms with E-state index in [0.717, 1.165) is 0 Å². The van der Waals surface area contributed by atoms with Crippen molar-refractivity contribution in [3.05, 3.63) is 76.1 Å². The number of H-pyrrole nitrogens is 1. The Bertz CT molecular complexity index is 937. The quantitative estimate of drug-likeness (QED) is 0.732. The molecule has 0 fully saturated rings. The number of nitrogens with zero attached hydrogens (tertiary/aromatic N) is 1. The van der Waals surface area contributed by atoms with E-state index in [1.165, 1.54) is 12.1 Å². The standard InChI is InChI=1S/C18H15FN2O3/c19-13-5-3-4-12(10-13)11-24-17(22)9-8-16-20-15-7-2-1-6-14(15)18(23)21-16/h1-7,10H,8-9,11H2,(H,20,21,23). The number of aromatic nitrogens is 2. The zero-order valence-electron chi connectivity index (χ0n) is 12.8. The lowest BCUT2D eigenvalue weighted by Gasteiger charge is -2.05. The first-order valence-corrected chi connectivity index (χ1v) is 7.50. The van der Waals surface area contributed by atoms with Crippen molar-refractivity contribution >= 4 is 16.9 Å². The van der Waals surface area contributed by atoms with Gasteiger partial charge in [0, 0.05) is 6.42 Å². The number of carbonyl (C=O) groups is 1. The van der Waals surface area contributed by atoms with Gasteiger partial charge in [-0.05, 0) is 29.8 Å². The molecule has 24 heavy (non-hydrogen) atoms. The van der Waals surface area contributed by atoms with Gasteiger partial charge in [-0.15, -0.1) is 0 Å². The van der Waals surface area contributed by atoms with Crippen LogP contribution in [0.3, 0.4) is 0 Å². The number of fused-ring (bicyclic) bond motifs is 1. The minimum atomic E-state index is -0.435. The van der Waals surface area contributed by atoms with Crippen LogP contribution in [0.25, 0.3) is 10.9 Å². The molecule has 3 rings (SSSR count). The lowest BCUT2D eigenvalue weighted by atomic mass is 10.2. The highest BCUT2D eigenvalue weighted by Crippen LogP contribution is 2.08. The van der Waals surface area contributed by atoms with Crippen molar-refractivity contribution < 1.29 is 13.9 Å². The van der Waals surface area contributed by atoms with Gasteiger partial charge in [0.05, 0.1) is 17.3 Å². The number of aryl methyl sites for hydroxylation is 1. The average molecular weight is 326 g/mol. The summed E-state index contributed by atoms with van der Waals surface area (Å²) >= 11 is 0. The Morgan fingerprint density at radius 1 is 1.17 bits per heavy atom. The highest BCUT2D eigenvalue weighted by molar-refractivity contribution is 5.77. The molecule has 1 aromatic heterocycles. The maximum absolute atomic E-state index is 13.0. The molecule has 5 nitrogen and oxygen atoms in total. The number of esters is 1. The summed E-state index contributed by atoms with van der Waals surface area (Å²) in [5, 5.41) is 0.509. The molecule has 0 aliphatic carbocycles. The Balaban J connectivity index is 1.59. The minimum Gasteiger partial charge on any atom is -0.461 e. The summed E-state index contributed by atoms with van der Waals surface area (Å²) in [6.45, 7) is 0.0122. The second-order valence-electron chi connectivity index (χ2n) is 5.32. The Hall–Kier alpha value is -3.02. The minimum absolute atomic E-state index is 0.0122. The molecule has 0 aliphatic rings. The first-order valence-electron chi connectivity index (χ1n) is 7.50. The molecular weight excluding hydrogens is 311 g/mol. The molecule has 0 bridgehead atoms. The van der Waals surface area contributed by atoms with Gasteiger partial charge < -0.3 is 9.72 Å². The number of hydrogen-bond acceptors (Lipinski definition) is 4. The SMILES string of the molecule is O=C(CCc1nc2ccccc2c(=O)[nH]1)OCc1cccc(F)c1. The fourth-order valence-corrected chi connectivity index (χ4v) is 2.34. The molecular formula is C18H15FN2O3. The second-order valence-corrected chi connectivity index (χ2v) is 5.32. The van der Waals surface area contributed by atoms with Crippen LogP contribution in [0, 0.1) is 5.82 Å². The predicted octanol–water partition coefficient (Wildman–Crippen LogP) is 2.74. The van der Waals surface area contributed by atoms with Crippen LogP contribution in [0.15, 0.2) is 53.3 Å². The van der Waals surface area contributed by atoms with E-state index in [4.69, 9.17) is 4.74 Å². The van der Waals surface area contributed by atoms with Gasteiger partial charge in [0.1, 0.15) is 18.2 Å². The summed E-state index contributed by atoms with van der Waals surface area (Å²) in [4.78, 5) is 30.7. The van der Waals surface area contributed by atoms with Gasteiger partial charge >= 0.3 is 5.97 Å². The van der Waals surface area contributed by atoms with Gasteiger partial charge in [-0.3, -0.25) is 9.59 Å². The van der Waals surface area contributed by atoms with Gasteiger partial charge in [0.25, 0.3) is 5.56 Å². The third-order valence-electron chi connectivity index (χ3n) is 3.52. The lowest BCUT2D eigenvalue weighted by Crippen LogP contribution is -2.14. The summed E-state index contributed by atoms with van der Waals surface area (Å²) in [5.74, 6) is -0.377. The number of carbonyl (C=O) groups excluding carboxylic acids is 1. The first kappa shape index (κ1) is 15.9. The first-order chi connectivity index (χ1) is 11.6. The number of benzene rings is 2. The zero-order chi connectivity index (χ0) is 16.9. The van der Waals surface area contributed by atoms with Crippen LogP contribution in [0.2, 0.25) is 0 Å². The van der Waals surface area contributed by atoms with Crippen LogP contribution in [0.1, 0.15) is 17.8 Å². The maximum Gasteiger partial charge on any atom is 0.306 e. The van der Waals surface area contributed by atoms with E-state index in [0.29, 0.717) is 22.3 Å². The molecule has 0 radical (unpaired) electrons. The van der Waals surface area contributed by atoms with E-state index in [9.17, 15) is 14.0 Å². The van der Waals surface area contributed by atoms with Crippen molar-refractivity contribution in [2.75, 3.05) is 0 Å². The van der Waals surface area contributed by atoms with E-state index in [2.05, 4.69) is 9.97 Å². The van der Waals surface area contributed by atoms with Crippen LogP contribution in [-0.2, 0) is 22.6 Å². The molecule has 122 valence electrons. The number of para-hydroxylation sites is 1. The van der Waals surface area contributed by atoms with Crippen molar-refractivity contribution in [2.45, 2.75) is 19.4 Å². The molecule has 0 atom stereocenters. The third-order valence-corrected chi connectivity index (χ3v) is 3.52. The number of halogens is 1. The fraction of sp³-hybridized carbons (Fsp3) is 0.167. The normalized spacial score (nSPS) is 10.7. The summed E-state index contributed by atoms with van der Waals surface area (Å²) in [6, 6.07) is 12.9. The lowest BCUT2D eigenvalue weighted by molar-refractivity contribution is -0.144. The van der Waals surface area contributed by atoms with Crippen LogP contribution in [0.4, 0.5) is 4.39 Å².